The molecule has 1 aliphatic heterocycles. The Morgan fingerprint density at radius 1 is 1.14 bits per heavy atom. The summed E-state index contributed by atoms with van der Waals surface area (Å²) < 4.78 is 7.76. The van der Waals surface area contributed by atoms with Crippen LogP contribution in [0, 0.1) is 0 Å². The number of carbonyl (C=O) groups is 1. The topological polar surface area (TPSA) is 119 Å². The molecule has 36 heavy (non-hydrogen) atoms. The molecule has 4 aromatic rings. The van der Waals surface area contributed by atoms with Gasteiger partial charge in [0, 0.05) is 24.2 Å². The number of likely N-dealkylation sites (tertiary alicyclic amines) is 1. The molecule has 184 valence electrons. The Labute approximate surface area is 208 Å². The van der Waals surface area contributed by atoms with Crippen LogP contribution in [0.15, 0.2) is 73.1 Å². The smallest absolute Gasteiger partial charge is 0.251 e. The van der Waals surface area contributed by atoms with Crippen LogP contribution in [0.2, 0.25) is 0 Å². The van der Waals surface area contributed by atoms with Crippen molar-refractivity contribution in [1.82, 2.24) is 24.6 Å². The predicted molar refractivity (Wildman–Crippen MR) is 137 cm³/mol. The predicted octanol–water partition coefficient (Wildman–Crippen LogP) is 3.97. The van der Waals surface area contributed by atoms with E-state index in [4.69, 9.17) is 15.6 Å². The molecular formula is C27H28N6O3. The second-order valence-corrected chi connectivity index (χ2v) is 8.94. The molecule has 0 saturated carbocycles. The van der Waals surface area contributed by atoms with Gasteiger partial charge in [-0.15, -0.1) is 0 Å². The summed E-state index contributed by atoms with van der Waals surface area (Å²) in [4.78, 5) is 23.2. The number of aliphatic hydroxyl groups is 1. The van der Waals surface area contributed by atoms with Gasteiger partial charge in [-0.25, -0.2) is 14.6 Å². The molecular weight excluding hydrogens is 456 g/mol. The number of benzene rings is 2. The number of nitrogens with zero attached hydrogens (tertiary/aromatic N) is 5. The zero-order chi connectivity index (χ0) is 25.2. The molecule has 2 aromatic heterocycles. The Kier molecular flexibility index (Phi) is 6.39. The number of para-hydroxylation sites is 1. The molecule has 1 aliphatic rings. The van der Waals surface area contributed by atoms with E-state index in [1.807, 2.05) is 59.3 Å². The van der Waals surface area contributed by atoms with Crippen molar-refractivity contribution in [3.63, 3.8) is 0 Å². The second kappa shape index (κ2) is 9.79. The number of nitrogen functional groups attached to an aromatic ring is 1. The third-order valence-corrected chi connectivity index (χ3v) is 6.43. The first-order valence-electron chi connectivity index (χ1n) is 11.9. The summed E-state index contributed by atoms with van der Waals surface area (Å²) >= 11 is 0. The number of carbonyl (C=O) groups excluding carboxylic acids is 1. The average molecular weight is 485 g/mol. The molecule has 1 fully saturated rings. The van der Waals surface area contributed by atoms with Crippen molar-refractivity contribution < 1.29 is 14.6 Å². The van der Waals surface area contributed by atoms with E-state index in [0.29, 0.717) is 41.4 Å². The van der Waals surface area contributed by atoms with E-state index < -0.39 is 6.10 Å². The van der Waals surface area contributed by atoms with Crippen molar-refractivity contribution in [2.45, 2.75) is 31.9 Å². The Balaban J connectivity index is 1.47. The summed E-state index contributed by atoms with van der Waals surface area (Å²) in [5.41, 5.74) is 8.62. The van der Waals surface area contributed by atoms with Gasteiger partial charge in [-0.05, 0) is 56.2 Å². The molecule has 9 nitrogen and oxygen atoms in total. The van der Waals surface area contributed by atoms with Crippen molar-refractivity contribution >= 4 is 22.8 Å². The number of amides is 1. The van der Waals surface area contributed by atoms with Crippen LogP contribution in [-0.2, 0) is 4.79 Å². The van der Waals surface area contributed by atoms with Crippen molar-refractivity contribution in [3.05, 3.63) is 73.1 Å². The van der Waals surface area contributed by atoms with Crippen LogP contribution in [0.3, 0.4) is 0 Å². The van der Waals surface area contributed by atoms with E-state index in [0.717, 1.165) is 24.2 Å². The summed E-state index contributed by atoms with van der Waals surface area (Å²) in [5.74, 6) is 1.57. The lowest BCUT2D eigenvalue weighted by atomic mass is 10.0. The number of nitrogens with two attached hydrogens (primary N) is 1. The minimum Gasteiger partial charge on any atom is -0.457 e. The highest BCUT2D eigenvalue weighted by atomic mass is 16.5. The Hall–Kier alpha value is -4.24. The summed E-state index contributed by atoms with van der Waals surface area (Å²) in [6.45, 7) is 6.34. The second-order valence-electron chi connectivity index (χ2n) is 8.94. The number of piperidine rings is 1. The molecule has 3 N–H and O–H groups in total. The highest BCUT2D eigenvalue weighted by molar-refractivity contribution is 5.98. The molecule has 1 saturated heterocycles. The summed E-state index contributed by atoms with van der Waals surface area (Å²) in [6.07, 6.45) is 2.16. The molecule has 3 heterocycles. The maximum Gasteiger partial charge on any atom is 0.251 e. The van der Waals surface area contributed by atoms with Crippen LogP contribution in [0.25, 0.3) is 22.3 Å². The van der Waals surface area contributed by atoms with Gasteiger partial charge >= 0.3 is 0 Å². The molecule has 9 heteroatoms. The quantitative estimate of drug-likeness (QED) is 0.398. The number of hydrogen-bond donors (Lipinski definition) is 2. The molecule has 2 aromatic carbocycles. The number of aliphatic hydroxyl groups excluding tert-OH is 1. The highest BCUT2D eigenvalue weighted by Crippen LogP contribution is 2.35. The number of ether oxygens (including phenoxy) is 1. The van der Waals surface area contributed by atoms with E-state index in [9.17, 15) is 9.90 Å². The van der Waals surface area contributed by atoms with Gasteiger partial charge < -0.3 is 20.5 Å². The third-order valence-electron chi connectivity index (χ3n) is 6.43. The van der Waals surface area contributed by atoms with Gasteiger partial charge in [0.25, 0.3) is 5.91 Å². The van der Waals surface area contributed by atoms with Gasteiger partial charge in [0.2, 0.25) is 0 Å². The van der Waals surface area contributed by atoms with Crippen LogP contribution in [0.1, 0.15) is 25.8 Å². The maximum absolute atomic E-state index is 12.8. The number of anilines is 1. The zero-order valence-electron chi connectivity index (χ0n) is 20.0. The summed E-state index contributed by atoms with van der Waals surface area (Å²) in [7, 11) is 0. The van der Waals surface area contributed by atoms with Crippen molar-refractivity contribution in [2.75, 3.05) is 18.8 Å². The first kappa shape index (κ1) is 23.5. The fourth-order valence-electron chi connectivity index (χ4n) is 4.48. The lowest BCUT2D eigenvalue weighted by molar-refractivity contribution is -0.129. The first-order chi connectivity index (χ1) is 17.4. The number of hydrogen-bond acceptors (Lipinski definition) is 7. The SMILES string of the molecule is C=C(C(=O)N1CCC[C@@H](n2nc(-c3ccc(Oc4ccccc4)cc3)c3c(N)ncnc32)C1)C(C)O. The van der Waals surface area contributed by atoms with Crippen LogP contribution >= 0.6 is 0 Å². The summed E-state index contributed by atoms with van der Waals surface area (Å²) in [6, 6.07) is 17.1. The molecule has 0 spiro atoms. The Bertz CT molecular complexity index is 1400. The third kappa shape index (κ3) is 4.52. The monoisotopic (exact) mass is 484 g/mol. The van der Waals surface area contributed by atoms with E-state index in [-0.39, 0.29) is 17.5 Å². The van der Waals surface area contributed by atoms with Crippen LogP contribution < -0.4 is 10.5 Å². The van der Waals surface area contributed by atoms with Gasteiger partial charge in [-0.3, -0.25) is 4.79 Å². The van der Waals surface area contributed by atoms with Crippen molar-refractivity contribution in [2.24, 2.45) is 0 Å². The normalized spacial score (nSPS) is 16.6. The Morgan fingerprint density at radius 3 is 2.58 bits per heavy atom. The van der Waals surface area contributed by atoms with Crippen LogP contribution in [-0.4, -0.2) is 54.9 Å². The molecule has 0 aliphatic carbocycles. The zero-order valence-corrected chi connectivity index (χ0v) is 20.0. The number of rotatable bonds is 6. The Morgan fingerprint density at radius 2 is 1.86 bits per heavy atom. The van der Waals surface area contributed by atoms with E-state index in [1.54, 1.807) is 11.8 Å². The highest BCUT2D eigenvalue weighted by Gasteiger charge is 2.30. The lowest BCUT2D eigenvalue weighted by Gasteiger charge is -2.33. The number of aromatic nitrogens is 4. The van der Waals surface area contributed by atoms with Gasteiger partial charge in [0.1, 0.15) is 29.3 Å². The van der Waals surface area contributed by atoms with Gasteiger partial charge in [-0.2, -0.15) is 5.10 Å². The molecule has 5 rings (SSSR count). The van der Waals surface area contributed by atoms with Crippen molar-refractivity contribution in [3.8, 4) is 22.8 Å². The van der Waals surface area contributed by atoms with Crippen molar-refractivity contribution in [1.29, 1.82) is 0 Å². The minimum atomic E-state index is -0.892. The fourth-order valence-corrected chi connectivity index (χ4v) is 4.48. The molecule has 2 atom stereocenters. The maximum atomic E-state index is 12.8. The largest absolute Gasteiger partial charge is 0.457 e. The van der Waals surface area contributed by atoms with Crippen LogP contribution in [0.5, 0.6) is 11.5 Å². The lowest BCUT2D eigenvalue weighted by Crippen LogP contribution is -2.42. The summed E-state index contributed by atoms with van der Waals surface area (Å²) in [5, 5.41) is 15.4. The molecule has 1 amide bonds. The first-order valence-corrected chi connectivity index (χ1v) is 11.9. The minimum absolute atomic E-state index is 0.101. The van der Waals surface area contributed by atoms with E-state index in [2.05, 4.69) is 16.5 Å². The van der Waals surface area contributed by atoms with E-state index in [1.165, 1.54) is 6.33 Å². The molecule has 0 radical (unpaired) electrons. The van der Waals surface area contributed by atoms with Gasteiger partial charge in [0.15, 0.2) is 5.65 Å². The molecule has 1 unspecified atom stereocenters. The van der Waals surface area contributed by atoms with Gasteiger partial charge in [0.05, 0.1) is 17.5 Å². The fraction of sp³-hybridized carbons (Fsp3) is 0.259. The van der Waals surface area contributed by atoms with E-state index >= 15 is 0 Å². The average Bonchev–Trinajstić information content (AvgIpc) is 3.30. The number of fused-ring (bicyclic) bond motifs is 1. The standard InChI is InChI=1S/C27H28N6O3/c1-17(18(2)34)27(35)32-14-6-7-20(15-32)33-26-23(25(28)29-16-30-26)24(31-33)19-10-12-22(13-11-19)36-21-8-4-3-5-9-21/h3-5,8-13,16,18,20,34H,1,6-7,14-15H2,2H3,(H2,28,29,30)/t18?,20-/m1/s1. The molecule has 0 bridgehead atoms. The van der Waals surface area contributed by atoms with Crippen LogP contribution in [0.4, 0.5) is 5.82 Å². The van der Waals surface area contributed by atoms with Gasteiger partial charge in [-0.1, -0.05) is 24.8 Å².